The number of ketones is 1. The van der Waals surface area contributed by atoms with Gasteiger partial charge in [-0.1, -0.05) is 91.2 Å². The summed E-state index contributed by atoms with van der Waals surface area (Å²) in [5, 5.41) is 10.6. The molecule has 0 bridgehead atoms. The van der Waals surface area contributed by atoms with Gasteiger partial charge in [-0.25, -0.2) is 0 Å². The number of aromatic hydroxyl groups is 1. The van der Waals surface area contributed by atoms with Gasteiger partial charge in [0.25, 0.3) is 0 Å². The molecule has 142 valence electrons. The van der Waals surface area contributed by atoms with Gasteiger partial charge in [0.05, 0.1) is 5.56 Å². The Morgan fingerprint density at radius 1 is 0.920 bits per heavy atom. The highest BCUT2D eigenvalue weighted by molar-refractivity contribution is 6.00. The van der Waals surface area contributed by atoms with E-state index >= 15 is 0 Å². The molecule has 1 rings (SSSR count). The van der Waals surface area contributed by atoms with Crippen molar-refractivity contribution in [1.82, 2.24) is 0 Å². The molecule has 25 heavy (non-hydrogen) atoms. The van der Waals surface area contributed by atoms with Gasteiger partial charge in [0.15, 0.2) is 5.78 Å². The molecule has 1 N–H and O–H groups in total. The lowest BCUT2D eigenvalue weighted by molar-refractivity contribution is 0.0975. The van der Waals surface area contributed by atoms with Gasteiger partial charge in [-0.15, -0.1) is 0 Å². The summed E-state index contributed by atoms with van der Waals surface area (Å²) in [4.78, 5) is 12.6. The van der Waals surface area contributed by atoms with E-state index in [1.165, 1.54) is 44.9 Å². The minimum absolute atomic E-state index is 0.0871. The van der Waals surface area contributed by atoms with Crippen molar-refractivity contribution in [3.8, 4) is 5.75 Å². The summed E-state index contributed by atoms with van der Waals surface area (Å²) in [5.41, 5.74) is 2.11. The first-order chi connectivity index (χ1) is 11.8. The summed E-state index contributed by atoms with van der Waals surface area (Å²) in [6.45, 7) is 10.3. The number of hydrogen-bond acceptors (Lipinski definition) is 2. The molecule has 0 saturated heterocycles. The highest BCUT2D eigenvalue weighted by Gasteiger charge is 2.23. The minimum Gasteiger partial charge on any atom is -0.507 e. The van der Waals surface area contributed by atoms with Gasteiger partial charge in [-0.3, -0.25) is 4.79 Å². The van der Waals surface area contributed by atoms with Crippen molar-refractivity contribution in [2.24, 2.45) is 0 Å². The lowest BCUT2D eigenvalue weighted by Crippen LogP contribution is -2.14. The maximum atomic E-state index is 12.6. The van der Waals surface area contributed by atoms with Crippen molar-refractivity contribution in [3.05, 3.63) is 28.8 Å². The Bertz CT molecular complexity index is 538. The second-order valence-electron chi connectivity index (χ2n) is 8.41. The number of Topliss-reactive ketones (excluding diaryl/α,β-unsaturated/α-hetero) is 1. The lowest BCUT2D eigenvalue weighted by Gasteiger charge is -2.22. The van der Waals surface area contributed by atoms with Gasteiger partial charge in [0, 0.05) is 6.42 Å². The maximum Gasteiger partial charge on any atom is 0.166 e. The molecule has 0 amide bonds. The molecule has 0 aromatic heterocycles. The van der Waals surface area contributed by atoms with Gasteiger partial charge in [-0.05, 0) is 29.9 Å². The van der Waals surface area contributed by atoms with Crippen molar-refractivity contribution in [1.29, 1.82) is 0 Å². The molecule has 0 fully saturated rings. The minimum atomic E-state index is -0.162. The van der Waals surface area contributed by atoms with Gasteiger partial charge < -0.3 is 5.11 Å². The van der Waals surface area contributed by atoms with E-state index in [1.54, 1.807) is 0 Å². The second-order valence-corrected chi connectivity index (χ2v) is 8.41. The summed E-state index contributed by atoms with van der Waals surface area (Å²) < 4.78 is 0. The summed E-state index contributed by atoms with van der Waals surface area (Å²) >= 11 is 0. The summed E-state index contributed by atoms with van der Waals surface area (Å²) in [6, 6.07) is 3.91. The Labute approximate surface area is 155 Å². The number of rotatable bonds is 11. The van der Waals surface area contributed by atoms with Crippen molar-refractivity contribution in [2.75, 3.05) is 0 Å². The van der Waals surface area contributed by atoms with Gasteiger partial charge in [0.2, 0.25) is 0 Å². The summed E-state index contributed by atoms with van der Waals surface area (Å²) in [6.07, 6.45) is 11.7. The summed E-state index contributed by atoms with van der Waals surface area (Å²) in [5.74, 6) is 0.275. The van der Waals surface area contributed by atoms with Crippen LogP contribution in [0, 0.1) is 6.92 Å². The topological polar surface area (TPSA) is 37.3 Å². The van der Waals surface area contributed by atoms with Crippen LogP contribution in [0.15, 0.2) is 12.1 Å². The zero-order chi connectivity index (χ0) is 18.9. The number of hydrogen-bond donors (Lipinski definition) is 1. The quantitative estimate of drug-likeness (QED) is 0.342. The van der Waals surface area contributed by atoms with Crippen LogP contribution in [0.3, 0.4) is 0 Å². The highest BCUT2D eigenvalue weighted by atomic mass is 16.3. The van der Waals surface area contributed by atoms with Crippen LogP contribution in [-0.4, -0.2) is 10.9 Å². The predicted molar refractivity (Wildman–Crippen MR) is 108 cm³/mol. The van der Waals surface area contributed by atoms with Gasteiger partial charge >= 0.3 is 0 Å². The third kappa shape index (κ3) is 7.22. The Hall–Kier alpha value is -1.31. The Morgan fingerprint density at radius 3 is 1.96 bits per heavy atom. The van der Waals surface area contributed by atoms with Crippen LogP contribution >= 0.6 is 0 Å². The predicted octanol–water partition coefficient (Wildman–Crippen LogP) is 7.10. The molecule has 0 spiro atoms. The van der Waals surface area contributed by atoms with Crippen molar-refractivity contribution in [2.45, 2.75) is 104 Å². The molecule has 0 aliphatic rings. The molecule has 0 saturated carbocycles. The van der Waals surface area contributed by atoms with Crippen LogP contribution in [0.4, 0.5) is 0 Å². The standard InChI is InChI=1S/C23H38O2/c1-6-7-8-9-10-11-12-13-14-15-20(24)21-18(2)16-17-19(22(21)25)23(3,4)5/h16-17,25H,6-15H2,1-5H3. The zero-order valence-corrected chi connectivity index (χ0v) is 17.1. The fourth-order valence-corrected chi connectivity index (χ4v) is 3.37. The van der Waals surface area contributed by atoms with Crippen molar-refractivity contribution in [3.63, 3.8) is 0 Å². The normalized spacial score (nSPS) is 11.7. The van der Waals surface area contributed by atoms with Crippen LogP contribution in [0.5, 0.6) is 5.75 Å². The Morgan fingerprint density at radius 2 is 1.44 bits per heavy atom. The number of phenolic OH excluding ortho intramolecular Hbond substituents is 1. The van der Waals surface area contributed by atoms with E-state index in [4.69, 9.17) is 0 Å². The molecule has 0 unspecified atom stereocenters. The molecule has 0 radical (unpaired) electrons. The van der Waals surface area contributed by atoms with E-state index in [2.05, 4.69) is 27.7 Å². The molecular formula is C23H38O2. The molecule has 2 nitrogen and oxygen atoms in total. The first-order valence-electron chi connectivity index (χ1n) is 10.1. The molecule has 0 aliphatic heterocycles. The number of carbonyl (C=O) groups excluding carboxylic acids is 1. The molecule has 1 aromatic carbocycles. The zero-order valence-electron chi connectivity index (χ0n) is 17.1. The molecule has 2 heteroatoms. The van der Waals surface area contributed by atoms with Crippen LogP contribution in [-0.2, 0) is 5.41 Å². The molecule has 1 aromatic rings. The van der Waals surface area contributed by atoms with Crippen LogP contribution < -0.4 is 0 Å². The van der Waals surface area contributed by atoms with Crippen molar-refractivity contribution >= 4 is 5.78 Å². The highest BCUT2D eigenvalue weighted by Crippen LogP contribution is 2.35. The molecule has 0 atom stereocenters. The second kappa shape index (κ2) is 10.6. The maximum absolute atomic E-state index is 12.6. The Kier molecular flexibility index (Phi) is 9.24. The third-order valence-corrected chi connectivity index (χ3v) is 4.98. The first-order valence-corrected chi connectivity index (χ1v) is 10.1. The first kappa shape index (κ1) is 21.7. The smallest absolute Gasteiger partial charge is 0.166 e. The average Bonchev–Trinajstić information content (AvgIpc) is 2.52. The van der Waals surface area contributed by atoms with Crippen LogP contribution in [0.25, 0.3) is 0 Å². The van der Waals surface area contributed by atoms with Gasteiger partial charge in [0.1, 0.15) is 5.75 Å². The van der Waals surface area contributed by atoms with Crippen LogP contribution in [0.1, 0.15) is 113 Å². The Balaban J connectivity index is 2.45. The monoisotopic (exact) mass is 346 g/mol. The fourth-order valence-electron chi connectivity index (χ4n) is 3.37. The number of unbranched alkanes of at least 4 members (excludes halogenated alkanes) is 8. The molecular weight excluding hydrogens is 308 g/mol. The number of phenols is 1. The van der Waals surface area contributed by atoms with E-state index in [0.717, 1.165) is 24.0 Å². The molecule has 0 heterocycles. The number of benzene rings is 1. The number of aryl methyl sites for hydroxylation is 1. The lowest BCUT2D eigenvalue weighted by atomic mass is 9.83. The molecule has 0 aliphatic carbocycles. The van der Waals surface area contributed by atoms with E-state index in [0.29, 0.717) is 12.0 Å². The van der Waals surface area contributed by atoms with E-state index in [9.17, 15) is 9.90 Å². The summed E-state index contributed by atoms with van der Waals surface area (Å²) in [7, 11) is 0. The SMILES string of the molecule is CCCCCCCCCCCC(=O)c1c(C)ccc(C(C)(C)C)c1O. The third-order valence-electron chi connectivity index (χ3n) is 4.98. The van der Waals surface area contributed by atoms with E-state index in [-0.39, 0.29) is 16.9 Å². The number of carbonyl (C=O) groups is 1. The largest absolute Gasteiger partial charge is 0.507 e. The van der Waals surface area contributed by atoms with Gasteiger partial charge in [-0.2, -0.15) is 0 Å². The fraction of sp³-hybridized carbons (Fsp3) is 0.696. The van der Waals surface area contributed by atoms with Crippen molar-refractivity contribution < 1.29 is 9.90 Å². The van der Waals surface area contributed by atoms with E-state index < -0.39 is 0 Å². The van der Waals surface area contributed by atoms with E-state index in [1.807, 2.05) is 19.1 Å². The van der Waals surface area contributed by atoms with Crippen LogP contribution in [0.2, 0.25) is 0 Å². The average molecular weight is 347 g/mol.